The highest BCUT2D eigenvalue weighted by atomic mass is 79.9. The molecule has 0 unspecified atom stereocenters. The van der Waals surface area contributed by atoms with E-state index in [0.29, 0.717) is 26.3 Å². The van der Waals surface area contributed by atoms with Crippen molar-refractivity contribution in [3.63, 3.8) is 0 Å². The fourth-order valence-corrected chi connectivity index (χ4v) is 2.14. The van der Waals surface area contributed by atoms with Crippen LogP contribution in [0.15, 0.2) is 34.8 Å². The van der Waals surface area contributed by atoms with Crippen LogP contribution in [0.3, 0.4) is 0 Å². The van der Waals surface area contributed by atoms with Crippen LogP contribution in [0.4, 0.5) is 10.1 Å². The summed E-state index contributed by atoms with van der Waals surface area (Å²) in [5, 5.41) is 0.523. The van der Waals surface area contributed by atoms with E-state index in [1.807, 2.05) is 0 Å². The summed E-state index contributed by atoms with van der Waals surface area (Å²) in [6.45, 7) is 0. The van der Waals surface area contributed by atoms with Crippen molar-refractivity contribution in [1.29, 1.82) is 0 Å². The first kappa shape index (κ1) is 12.7. The maximum atomic E-state index is 14.0. The van der Waals surface area contributed by atoms with E-state index in [4.69, 9.17) is 28.9 Å². The van der Waals surface area contributed by atoms with E-state index in [0.717, 1.165) is 0 Å². The zero-order valence-electron chi connectivity index (χ0n) is 8.48. The minimum atomic E-state index is -0.519. The number of nitrogens with two attached hydrogens (primary N) is 1. The standard InChI is InChI=1S/C12H7BrCl2FN/c13-9-3-2-7(12(16)11(9)15)8-5-6(14)1-4-10(8)17/h1-5H,17H2. The van der Waals surface area contributed by atoms with E-state index < -0.39 is 5.82 Å². The second kappa shape index (κ2) is 4.84. The predicted molar refractivity (Wildman–Crippen MR) is 74.0 cm³/mol. The molecule has 2 aromatic carbocycles. The minimum Gasteiger partial charge on any atom is -0.398 e. The fraction of sp³-hybridized carbons (Fsp3) is 0. The van der Waals surface area contributed by atoms with Gasteiger partial charge in [0.2, 0.25) is 0 Å². The van der Waals surface area contributed by atoms with Crippen LogP contribution in [0.2, 0.25) is 10.0 Å². The highest BCUT2D eigenvalue weighted by Gasteiger charge is 2.14. The summed E-state index contributed by atoms with van der Waals surface area (Å²) in [5.41, 5.74) is 7.11. The van der Waals surface area contributed by atoms with E-state index >= 15 is 0 Å². The number of benzene rings is 2. The summed E-state index contributed by atoms with van der Waals surface area (Å²) in [7, 11) is 0. The summed E-state index contributed by atoms with van der Waals surface area (Å²) in [5.74, 6) is -0.519. The zero-order chi connectivity index (χ0) is 12.6. The van der Waals surface area contributed by atoms with Gasteiger partial charge < -0.3 is 5.73 Å². The molecule has 0 spiro atoms. The molecule has 0 fully saturated rings. The Bertz CT molecular complexity index is 587. The average Bonchev–Trinajstić information content (AvgIpc) is 2.30. The van der Waals surface area contributed by atoms with Crippen molar-refractivity contribution in [1.82, 2.24) is 0 Å². The second-order valence-corrected chi connectivity index (χ2v) is 5.12. The highest BCUT2D eigenvalue weighted by molar-refractivity contribution is 9.10. The molecule has 2 N–H and O–H groups in total. The first-order chi connectivity index (χ1) is 8.00. The molecule has 0 saturated heterocycles. The molecule has 0 radical (unpaired) electrons. The van der Waals surface area contributed by atoms with E-state index in [-0.39, 0.29) is 5.02 Å². The molecule has 2 rings (SSSR count). The Morgan fingerprint density at radius 3 is 2.47 bits per heavy atom. The molecule has 5 heteroatoms. The smallest absolute Gasteiger partial charge is 0.150 e. The monoisotopic (exact) mass is 333 g/mol. The Balaban J connectivity index is 2.69. The Morgan fingerprint density at radius 2 is 1.76 bits per heavy atom. The van der Waals surface area contributed by atoms with Gasteiger partial charge in [0, 0.05) is 26.3 Å². The summed E-state index contributed by atoms with van der Waals surface area (Å²) in [6, 6.07) is 8.17. The van der Waals surface area contributed by atoms with Crippen LogP contribution < -0.4 is 5.73 Å². The van der Waals surface area contributed by atoms with Crippen LogP contribution in [0.5, 0.6) is 0 Å². The Kier molecular flexibility index (Phi) is 3.61. The lowest BCUT2D eigenvalue weighted by Gasteiger charge is -2.09. The lowest BCUT2D eigenvalue weighted by atomic mass is 10.0. The molecule has 17 heavy (non-hydrogen) atoms. The van der Waals surface area contributed by atoms with Crippen LogP contribution in [0, 0.1) is 5.82 Å². The second-order valence-electron chi connectivity index (χ2n) is 3.45. The molecule has 0 saturated carbocycles. The van der Waals surface area contributed by atoms with Gasteiger partial charge in [-0.15, -0.1) is 0 Å². The predicted octanol–water partition coefficient (Wildman–Crippen LogP) is 5.14. The van der Waals surface area contributed by atoms with Crippen LogP contribution in [-0.2, 0) is 0 Å². The fourth-order valence-electron chi connectivity index (χ4n) is 1.50. The van der Waals surface area contributed by atoms with Crippen molar-refractivity contribution in [3.8, 4) is 11.1 Å². The lowest BCUT2D eigenvalue weighted by Crippen LogP contribution is -1.93. The van der Waals surface area contributed by atoms with Gasteiger partial charge in [0.1, 0.15) is 0 Å². The van der Waals surface area contributed by atoms with Gasteiger partial charge in [-0.25, -0.2) is 4.39 Å². The maximum Gasteiger partial charge on any atom is 0.150 e. The Labute approximate surface area is 116 Å². The van der Waals surface area contributed by atoms with E-state index in [9.17, 15) is 4.39 Å². The first-order valence-electron chi connectivity index (χ1n) is 4.69. The third-order valence-electron chi connectivity index (χ3n) is 2.34. The largest absolute Gasteiger partial charge is 0.398 e. The minimum absolute atomic E-state index is 0.0295. The Morgan fingerprint density at radius 1 is 1.06 bits per heavy atom. The third kappa shape index (κ3) is 2.41. The van der Waals surface area contributed by atoms with Crippen LogP contribution in [-0.4, -0.2) is 0 Å². The van der Waals surface area contributed by atoms with Crippen molar-refractivity contribution < 1.29 is 4.39 Å². The molecule has 88 valence electrons. The SMILES string of the molecule is Nc1ccc(Cl)cc1-c1ccc(Br)c(Cl)c1F. The Hall–Kier alpha value is -0.770. The molecule has 2 aromatic rings. The molecule has 0 bridgehead atoms. The topological polar surface area (TPSA) is 26.0 Å². The number of halogens is 4. The van der Waals surface area contributed by atoms with Crippen molar-refractivity contribution in [2.75, 3.05) is 5.73 Å². The van der Waals surface area contributed by atoms with Crippen LogP contribution >= 0.6 is 39.1 Å². The van der Waals surface area contributed by atoms with E-state index in [1.54, 1.807) is 30.3 Å². The van der Waals surface area contributed by atoms with Crippen LogP contribution in [0.1, 0.15) is 0 Å². The summed E-state index contributed by atoms with van der Waals surface area (Å²) >= 11 is 14.9. The molecule has 1 nitrogen and oxygen atoms in total. The van der Waals surface area contributed by atoms with Gasteiger partial charge in [-0.1, -0.05) is 29.3 Å². The van der Waals surface area contributed by atoms with Gasteiger partial charge in [0.05, 0.1) is 5.02 Å². The summed E-state index contributed by atoms with van der Waals surface area (Å²) in [4.78, 5) is 0. The molecule has 0 heterocycles. The van der Waals surface area contributed by atoms with E-state index in [2.05, 4.69) is 15.9 Å². The molecule has 0 atom stereocenters. The number of nitrogen functional groups attached to an aromatic ring is 1. The van der Waals surface area contributed by atoms with Gasteiger partial charge in [-0.05, 0) is 40.2 Å². The number of hydrogen-bond donors (Lipinski definition) is 1. The first-order valence-corrected chi connectivity index (χ1v) is 6.24. The highest BCUT2D eigenvalue weighted by Crippen LogP contribution is 2.36. The molecular weight excluding hydrogens is 328 g/mol. The molecule has 0 amide bonds. The van der Waals surface area contributed by atoms with Gasteiger partial charge in [0.25, 0.3) is 0 Å². The maximum absolute atomic E-state index is 14.0. The average molecular weight is 335 g/mol. The zero-order valence-corrected chi connectivity index (χ0v) is 11.6. The van der Waals surface area contributed by atoms with Gasteiger partial charge >= 0.3 is 0 Å². The quantitative estimate of drug-likeness (QED) is 0.566. The normalized spacial score (nSPS) is 10.6. The van der Waals surface area contributed by atoms with Crippen molar-refractivity contribution >= 4 is 44.8 Å². The van der Waals surface area contributed by atoms with Crippen molar-refractivity contribution in [2.24, 2.45) is 0 Å². The van der Waals surface area contributed by atoms with E-state index in [1.165, 1.54) is 0 Å². The molecule has 0 aliphatic carbocycles. The summed E-state index contributed by atoms with van der Waals surface area (Å²) in [6.07, 6.45) is 0. The number of hydrogen-bond acceptors (Lipinski definition) is 1. The molecular formula is C12H7BrCl2FN. The van der Waals surface area contributed by atoms with Crippen molar-refractivity contribution in [2.45, 2.75) is 0 Å². The van der Waals surface area contributed by atoms with Gasteiger partial charge in [-0.2, -0.15) is 0 Å². The van der Waals surface area contributed by atoms with Gasteiger partial charge in [-0.3, -0.25) is 0 Å². The molecule has 0 aromatic heterocycles. The van der Waals surface area contributed by atoms with Gasteiger partial charge in [0.15, 0.2) is 5.82 Å². The summed E-state index contributed by atoms with van der Waals surface area (Å²) < 4.78 is 14.5. The lowest BCUT2D eigenvalue weighted by molar-refractivity contribution is 0.631. The van der Waals surface area contributed by atoms with Crippen LogP contribution in [0.25, 0.3) is 11.1 Å². The number of anilines is 1. The third-order valence-corrected chi connectivity index (χ3v) is 3.83. The molecule has 0 aliphatic rings. The van der Waals surface area contributed by atoms with Crippen molar-refractivity contribution in [3.05, 3.63) is 50.7 Å². The number of rotatable bonds is 1. The molecule has 0 aliphatic heterocycles.